The maximum Gasteiger partial charge on any atom is 0.242 e. The molecule has 6 nitrogen and oxygen atoms in total. The van der Waals surface area contributed by atoms with Gasteiger partial charge in [0.1, 0.15) is 12.4 Å². The van der Waals surface area contributed by atoms with E-state index in [1.165, 1.54) is 0 Å². The highest BCUT2D eigenvalue weighted by Gasteiger charge is 2.23. The SMILES string of the molecule is O=C(Cn1ccnc1)N1CCN(c2ncc(Cl)cc2Cl)CC1. The maximum absolute atomic E-state index is 12.2. The molecule has 116 valence electrons. The van der Waals surface area contributed by atoms with Crippen LogP contribution in [0.3, 0.4) is 0 Å². The number of rotatable bonds is 3. The summed E-state index contributed by atoms with van der Waals surface area (Å²) in [7, 11) is 0. The molecule has 1 amide bonds. The van der Waals surface area contributed by atoms with Crippen LogP contribution in [0, 0.1) is 0 Å². The van der Waals surface area contributed by atoms with Crippen molar-refractivity contribution in [3.05, 3.63) is 41.0 Å². The van der Waals surface area contributed by atoms with Gasteiger partial charge in [0.25, 0.3) is 0 Å². The van der Waals surface area contributed by atoms with Gasteiger partial charge in [0.2, 0.25) is 5.91 Å². The standard InChI is InChI=1S/C14H15Cl2N5O/c15-11-7-12(16)14(18-8-11)21-5-3-20(4-6-21)13(22)9-19-2-1-17-10-19/h1-2,7-8,10H,3-6,9H2. The van der Waals surface area contributed by atoms with E-state index in [1.54, 1.807) is 35.6 Å². The van der Waals surface area contributed by atoms with Crippen LogP contribution in [0.4, 0.5) is 5.82 Å². The smallest absolute Gasteiger partial charge is 0.242 e. The van der Waals surface area contributed by atoms with Gasteiger partial charge < -0.3 is 14.4 Å². The average molecular weight is 340 g/mol. The first-order valence-corrected chi connectivity index (χ1v) is 7.68. The fourth-order valence-corrected chi connectivity index (χ4v) is 2.94. The number of carbonyl (C=O) groups excluding carboxylic acids is 1. The van der Waals surface area contributed by atoms with Gasteiger partial charge in [0.15, 0.2) is 0 Å². The predicted octanol–water partition coefficient (Wildman–Crippen LogP) is 1.93. The van der Waals surface area contributed by atoms with E-state index in [2.05, 4.69) is 14.9 Å². The topological polar surface area (TPSA) is 54.3 Å². The zero-order valence-electron chi connectivity index (χ0n) is 11.8. The van der Waals surface area contributed by atoms with Crippen molar-refractivity contribution in [3.8, 4) is 0 Å². The number of imidazole rings is 1. The molecule has 1 fully saturated rings. The molecule has 0 atom stereocenters. The highest BCUT2D eigenvalue weighted by atomic mass is 35.5. The zero-order chi connectivity index (χ0) is 15.5. The first-order chi connectivity index (χ1) is 10.6. The van der Waals surface area contributed by atoms with Gasteiger partial charge in [-0.15, -0.1) is 0 Å². The van der Waals surface area contributed by atoms with Crippen molar-refractivity contribution in [3.63, 3.8) is 0 Å². The number of anilines is 1. The molecule has 3 rings (SSSR count). The van der Waals surface area contributed by atoms with Gasteiger partial charge in [-0.1, -0.05) is 23.2 Å². The molecule has 8 heteroatoms. The first kappa shape index (κ1) is 15.1. The second-order valence-electron chi connectivity index (χ2n) is 5.06. The van der Waals surface area contributed by atoms with Crippen molar-refractivity contribution in [2.24, 2.45) is 0 Å². The number of hydrogen-bond acceptors (Lipinski definition) is 4. The molecule has 0 spiro atoms. The summed E-state index contributed by atoms with van der Waals surface area (Å²) in [6, 6.07) is 1.68. The van der Waals surface area contributed by atoms with Crippen molar-refractivity contribution < 1.29 is 4.79 Å². The fraction of sp³-hybridized carbons (Fsp3) is 0.357. The van der Waals surface area contributed by atoms with E-state index in [0.717, 1.165) is 0 Å². The lowest BCUT2D eigenvalue weighted by atomic mass is 10.3. The van der Waals surface area contributed by atoms with Crippen LogP contribution in [0.15, 0.2) is 31.0 Å². The van der Waals surface area contributed by atoms with E-state index in [0.29, 0.717) is 48.6 Å². The van der Waals surface area contributed by atoms with Gasteiger partial charge in [0, 0.05) is 44.8 Å². The molecular formula is C14H15Cl2N5O. The van der Waals surface area contributed by atoms with Crippen LogP contribution in [0.2, 0.25) is 10.0 Å². The lowest BCUT2D eigenvalue weighted by Crippen LogP contribution is -2.49. The van der Waals surface area contributed by atoms with E-state index >= 15 is 0 Å². The normalized spacial score (nSPS) is 15.2. The Morgan fingerprint density at radius 3 is 2.64 bits per heavy atom. The Hall–Kier alpha value is -1.79. The van der Waals surface area contributed by atoms with Crippen LogP contribution < -0.4 is 4.90 Å². The summed E-state index contributed by atoms with van der Waals surface area (Å²) in [5, 5.41) is 1.05. The van der Waals surface area contributed by atoms with Crippen LogP contribution in [-0.4, -0.2) is 51.5 Å². The van der Waals surface area contributed by atoms with E-state index in [9.17, 15) is 4.79 Å². The third-order valence-electron chi connectivity index (χ3n) is 3.60. The van der Waals surface area contributed by atoms with E-state index in [1.807, 2.05) is 4.90 Å². The molecule has 2 aromatic rings. The molecule has 0 aromatic carbocycles. The number of aromatic nitrogens is 3. The second-order valence-corrected chi connectivity index (χ2v) is 5.91. The van der Waals surface area contributed by atoms with Crippen molar-refractivity contribution in [2.75, 3.05) is 31.1 Å². The van der Waals surface area contributed by atoms with Crippen molar-refractivity contribution in [1.82, 2.24) is 19.4 Å². The predicted molar refractivity (Wildman–Crippen MR) is 85.3 cm³/mol. The lowest BCUT2D eigenvalue weighted by molar-refractivity contribution is -0.132. The molecule has 0 N–H and O–H groups in total. The number of piperazine rings is 1. The third kappa shape index (κ3) is 3.34. The van der Waals surface area contributed by atoms with Gasteiger partial charge in [-0.05, 0) is 6.07 Å². The molecule has 2 aromatic heterocycles. The quantitative estimate of drug-likeness (QED) is 0.857. The minimum absolute atomic E-state index is 0.0906. The Kier molecular flexibility index (Phi) is 4.49. The molecule has 22 heavy (non-hydrogen) atoms. The average Bonchev–Trinajstić information content (AvgIpc) is 3.00. The lowest BCUT2D eigenvalue weighted by Gasteiger charge is -2.35. The molecule has 3 heterocycles. The number of carbonyl (C=O) groups is 1. The van der Waals surface area contributed by atoms with Gasteiger partial charge in [-0.2, -0.15) is 0 Å². The Bertz CT molecular complexity index is 653. The summed E-state index contributed by atoms with van der Waals surface area (Å²) in [5.74, 6) is 0.806. The molecule has 0 saturated carbocycles. The number of amides is 1. The summed E-state index contributed by atoms with van der Waals surface area (Å²) in [5.41, 5.74) is 0. The number of hydrogen-bond donors (Lipinski definition) is 0. The highest BCUT2D eigenvalue weighted by molar-refractivity contribution is 6.36. The minimum Gasteiger partial charge on any atom is -0.352 e. The van der Waals surface area contributed by atoms with Gasteiger partial charge in [-0.25, -0.2) is 9.97 Å². The van der Waals surface area contributed by atoms with Crippen LogP contribution in [0.1, 0.15) is 0 Å². The van der Waals surface area contributed by atoms with Gasteiger partial charge in [-0.3, -0.25) is 4.79 Å². The minimum atomic E-state index is 0.0906. The van der Waals surface area contributed by atoms with E-state index < -0.39 is 0 Å². The van der Waals surface area contributed by atoms with Gasteiger partial charge in [0.05, 0.1) is 16.4 Å². The molecule has 1 aliphatic rings. The van der Waals surface area contributed by atoms with Crippen molar-refractivity contribution >= 4 is 34.9 Å². The molecule has 1 saturated heterocycles. The Morgan fingerprint density at radius 1 is 1.23 bits per heavy atom. The number of halogens is 2. The summed E-state index contributed by atoms with van der Waals surface area (Å²) in [6.45, 7) is 3.01. The van der Waals surface area contributed by atoms with Gasteiger partial charge >= 0.3 is 0 Å². The first-order valence-electron chi connectivity index (χ1n) is 6.93. The van der Waals surface area contributed by atoms with Crippen LogP contribution in [0.5, 0.6) is 0 Å². The summed E-state index contributed by atoms with van der Waals surface area (Å²) in [6.07, 6.45) is 6.68. The molecular weight excluding hydrogens is 325 g/mol. The number of pyridine rings is 1. The molecule has 0 aliphatic carbocycles. The van der Waals surface area contributed by atoms with E-state index in [4.69, 9.17) is 23.2 Å². The largest absolute Gasteiger partial charge is 0.352 e. The maximum atomic E-state index is 12.2. The third-order valence-corrected chi connectivity index (χ3v) is 4.08. The summed E-state index contributed by atoms with van der Waals surface area (Å²) in [4.78, 5) is 24.4. The Balaban J connectivity index is 1.59. The molecule has 0 unspecified atom stereocenters. The van der Waals surface area contributed by atoms with E-state index in [-0.39, 0.29) is 5.91 Å². The monoisotopic (exact) mass is 339 g/mol. The van der Waals surface area contributed by atoms with Crippen molar-refractivity contribution in [1.29, 1.82) is 0 Å². The van der Waals surface area contributed by atoms with Crippen molar-refractivity contribution in [2.45, 2.75) is 6.54 Å². The molecule has 1 aliphatic heterocycles. The summed E-state index contributed by atoms with van der Waals surface area (Å²) < 4.78 is 1.77. The molecule has 0 radical (unpaired) electrons. The summed E-state index contributed by atoms with van der Waals surface area (Å²) >= 11 is 12.0. The molecule has 0 bridgehead atoms. The second kappa shape index (κ2) is 6.54. The van der Waals surface area contributed by atoms with Crippen LogP contribution in [-0.2, 0) is 11.3 Å². The number of nitrogens with zero attached hydrogens (tertiary/aromatic N) is 5. The zero-order valence-corrected chi connectivity index (χ0v) is 13.3. The Morgan fingerprint density at radius 2 is 2.00 bits per heavy atom. The van der Waals surface area contributed by atoms with Crippen LogP contribution >= 0.6 is 23.2 Å². The highest BCUT2D eigenvalue weighted by Crippen LogP contribution is 2.26. The van der Waals surface area contributed by atoms with Crippen LogP contribution in [0.25, 0.3) is 0 Å². The fourth-order valence-electron chi connectivity index (χ4n) is 2.44. The Labute approximate surface area is 138 Å².